The molecule has 6 heteroatoms. The fourth-order valence-corrected chi connectivity index (χ4v) is 2.06. The maximum absolute atomic E-state index is 9.83. The Labute approximate surface area is 98.0 Å². The number of fused-ring (bicyclic) bond motifs is 1. The fourth-order valence-electron chi connectivity index (χ4n) is 2.06. The van der Waals surface area contributed by atoms with Crippen molar-refractivity contribution in [1.82, 2.24) is 25.1 Å². The molecule has 0 saturated heterocycles. The highest BCUT2D eigenvalue weighted by Gasteiger charge is 2.25. The van der Waals surface area contributed by atoms with Gasteiger partial charge in [0.25, 0.3) is 0 Å². The van der Waals surface area contributed by atoms with Crippen LogP contribution in [-0.4, -0.2) is 24.9 Å². The molecule has 6 nitrogen and oxygen atoms in total. The number of aliphatic hydroxyl groups excluding tert-OH is 1. The Morgan fingerprint density at radius 2 is 2.41 bits per heavy atom. The Bertz CT molecular complexity index is 554. The summed E-state index contributed by atoms with van der Waals surface area (Å²) in [6, 6.07) is 0. The molecule has 17 heavy (non-hydrogen) atoms. The van der Waals surface area contributed by atoms with Crippen molar-refractivity contribution in [1.29, 1.82) is 0 Å². The molecule has 0 aromatic carbocycles. The first-order valence-electron chi connectivity index (χ1n) is 5.50. The molecule has 0 bridgehead atoms. The first-order valence-corrected chi connectivity index (χ1v) is 5.50. The van der Waals surface area contributed by atoms with Gasteiger partial charge in [-0.05, 0) is 6.92 Å². The molecule has 0 fully saturated rings. The van der Waals surface area contributed by atoms with Crippen LogP contribution in [-0.2, 0) is 6.54 Å². The summed E-state index contributed by atoms with van der Waals surface area (Å²) in [5.41, 5.74) is 3.56. The lowest BCUT2D eigenvalue weighted by Crippen LogP contribution is -2.22. The van der Waals surface area contributed by atoms with E-state index in [-0.39, 0.29) is 0 Å². The number of hydrogen-bond donors (Lipinski definition) is 3. The van der Waals surface area contributed by atoms with Gasteiger partial charge in [-0.15, -0.1) is 0 Å². The molecule has 0 aliphatic carbocycles. The number of H-pyrrole nitrogens is 1. The lowest BCUT2D eigenvalue weighted by Gasteiger charge is -2.20. The molecular formula is C11H13N5O. The smallest absolute Gasteiger partial charge is 0.169 e. The van der Waals surface area contributed by atoms with Gasteiger partial charge in [-0.2, -0.15) is 5.10 Å². The van der Waals surface area contributed by atoms with E-state index < -0.39 is 6.23 Å². The van der Waals surface area contributed by atoms with Crippen LogP contribution in [0.25, 0.3) is 5.57 Å². The van der Waals surface area contributed by atoms with E-state index in [9.17, 15) is 5.11 Å². The second-order valence-electron chi connectivity index (χ2n) is 3.88. The van der Waals surface area contributed by atoms with Crippen molar-refractivity contribution in [2.45, 2.75) is 19.7 Å². The van der Waals surface area contributed by atoms with Gasteiger partial charge in [0, 0.05) is 30.1 Å². The summed E-state index contributed by atoms with van der Waals surface area (Å²) < 4.78 is 2.01. The second-order valence-corrected chi connectivity index (χ2v) is 3.88. The minimum atomic E-state index is -0.742. The van der Waals surface area contributed by atoms with E-state index in [1.165, 1.54) is 0 Å². The number of aromatic amines is 1. The summed E-state index contributed by atoms with van der Waals surface area (Å²) in [5.74, 6) is 0. The molecule has 88 valence electrons. The van der Waals surface area contributed by atoms with Crippen molar-refractivity contribution in [3.63, 3.8) is 0 Å². The number of rotatable bonds is 2. The van der Waals surface area contributed by atoms with Gasteiger partial charge in [-0.1, -0.05) is 0 Å². The van der Waals surface area contributed by atoms with E-state index >= 15 is 0 Å². The maximum atomic E-state index is 9.83. The number of nitrogens with one attached hydrogen (secondary N) is 2. The number of aryl methyl sites for hydroxylation is 1. The minimum absolute atomic E-state index is 0.658. The number of aromatic nitrogens is 4. The summed E-state index contributed by atoms with van der Waals surface area (Å²) in [7, 11) is 0. The fraction of sp³-hybridized carbons (Fsp3) is 0.273. The summed E-state index contributed by atoms with van der Waals surface area (Å²) in [4.78, 5) is 4.25. The Morgan fingerprint density at radius 1 is 1.53 bits per heavy atom. The predicted octanol–water partition coefficient (Wildman–Crippen LogP) is 0.609. The predicted molar refractivity (Wildman–Crippen MR) is 61.7 cm³/mol. The third kappa shape index (κ3) is 1.45. The van der Waals surface area contributed by atoms with E-state index in [0.29, 0.717) is 5.69 Å². The topological polar surface area (TPSA) is 78.8 Å². The van der Waals surface area contributed by atoms with Gasteiger partial charge in [-0.3, -0.25) is 5.10 Å². The van der Waals surface area contributed by atoms with Crippen molar-refractivity contribution in [3.05, 3.63) is 41.9 Å². The third-order valence-corrected chi connectivity index (χ3v) is 2.92. The van der Waals surface area contributed by atoms with Gasteiger partial charge in [-0.25, -0.2) is 4.98 Å². The van der Waals surface area contributed by atoms with E-state index in [0.717, 1.165) is 23.4 Å². The van der Waals surface area contributed by atoms with Crippen LogP contribution in [0.1, 0.15) is 30.1 Å². The van der Waals surface area contributed by atoms with Crippen LogP contribution in [0, 0.1) is 0 Å². The maximum Gasteiger partial charge on any atom is 0.169 e. The second kappa shape index (κ2) is 3.74. The van der Waals surface area contributed by atoms with Crippen LogP contribution in [0.3, 0.4) is 0 Å². The standard InChI is InChI=1S/C11H13N5O/c1-2-16-6-13-9-10(16)8(5-12-11(9)17)7-3-14-15-4-7/h3-6,11-12,17H,2H2,1H3,(H,14,15). The van der Waals surface area contributed by atoms with E-state index in [1.54, 1.807) is 18.7 Å². The van der Waals surface area contributed by atoms with Gasteiger partial charge in [0.15, 0.2) is 6.23 Å². The number of aliphatic hydroxyl groups is 1. The van der Waals surface area contributed by atoms with Crippen LogP contribution in [0.2, 0.25) is 0 Å². The Hall–Kier alpha value is -2.08. The van der Waals surface area contributed by atoms with Crippen molar-refractivity contribution in [2.75, 3.05) is 0 Å². The molecule has 2 aromatic heterocycles. The molecule has 1 aliphatic heterocycles. The molecule has 2 aromatic rings. The molecule has 3 heterocycles. The molecule has 1 aliphatic rings. The molecule has 1 unspecified atom stereocenters. The largest absolute Gasteiger partial charge is 0.368 e. The van der Waals surface area contributed by atoms with Gasteiger partial charge < -0.3 is 15.0 Å². The molecule has 3 rings (SSSR count). The molecule has 0 spiro atoms. The van der Waals surface area contributed by atoms with Crippen LogP contribution < -0.4 is 5.32 Å². The van der Waals surface area contributed by atoms with Gasteiger partial charge in [0.2, 0.25) is 0 Å². The summed E-state index contributed by atoms with van der Waals surface area (Å²) in [6.45, 7) is 2.85. The number of hydrogen-bond acceptors (Lipinski definition) is 4. The zero-order chi connectivity index (χ0) is 11.8. The van der Waals surface area contributed by atoms with Crippen molar-refractivity contribution < 1.29 is 5.11 Å². The Kier molecular flexibility index (Phi) is 2.22. The monoisotopic (exact) mass is 231 g/mol. The summed E-state index contributed by atoms with van der Waals surface area (Å²) in [5, 5.41) is 19.5. The Morgan fingerprint density at radius 3 is 3.12 bits per heavy atom. The highest BCUT2D eigenvalue weighted by atomic mass is 16.3. The first kappa shape index (κ1) is 10.1. The van der Waals surface area contributed by atoms with E-state index in [1.807, 2.05) is 17.7 Å². The molecule has 1 atom stereocenters. The van der Waals surface area contributed by atoms with Crippen LogP contribution in [0.5, 0.6) is 0 Å². The molecule has 3 N–H and O–H groups in total. The first-order chi connectivity index (χ1) is 8.31. The van der Waals surface area contributed by atoms with Gasteiger partial charge in [0.1, 0.15) is 5.69 Å². The lowest BCUT2D eigenvalue weighted by atomic mass is 10.0. The van der Waals surface area contributed by atoms with Crippen LogP contribution in [0.4, 0.5) is 0 Å². The van der Waals surface area contributed by atoms with Gasteiger partial charge in [0.05, 0.1) is 18.2 Å². The average Bonchev–Trinajstić information content (AvgIpc) is 2.98. The minimum Gasteiger partial charge on any atom is -0.368 e. The van der Waals surface area contributed by atoms with E-state index in [4.69, 9.17) is 0 Å². The molecule has 0 amide bonds. The van der Waals surface area contributed by atoms with Crippen molar-refractivity contribution in [2.24, 2.45) is 0 Å². The number of imidazole rings is 1. The quantitative estimate of drug-likeness (QED) is 0.707. The lowest BCUT2D eigenvalue weighted by molar-refractivity contribution is 0.149. The van der Waals surface area contributed by atoms with Gasteiger partial charge >= 0.3 is 0 Å². The average molecular weight is 231 g/mol. The van der Waals surface area contributed by atoms with Crippen molar-refractivity contribution in [3.8, 4) is 0 Å². The molecular weight excluding hydrogens is 218 g/mol. The zero-order valence-corrected chi connectivity index (χ0v) is 9.38. The third-order valence-electron chi connectivity index (χ3n) is 2.92. The molecule has 0 saturated carbocycles. The highest BCUT2D eigenvalue weighted by Crippen LogP contribution is 2.31. The van der Waals surface area contributed by atoms with Crippen LogP contribution in [0.15, 0.2) is 24.9 Å². The zero-order valence-electron chi connectivity index (χ0n) is 9.38. The highest BCUT2D eigenvalue weighted by molar-refractivity contribution is 5.79. The molecule has 0 radical (unpaired) electrons. The summed E-state index contributed by atoms with van der Waals surface area (Å²) >= 11 is 0. The summed E-state index contributed by atoms with van der Waals surface area (Å²) in [6.07, 6.45) is 6.37. The van der Waals surface area contributed by atoms with Crippen LogP contribution >= 0.6 is 0 Å². The van der Waals surface area contributed by atoms with E-state index in [2.05, 4.69) is 20.5 Å². The number of nitrogens with zero attached hydrogens (tertiary/aromatic N) is 3. The Balaban J connectivity index is 2.17. The normalized spacial score (nSPS) is 18.5. The van der Waals surface area contributed by atoms with Crippen molar-refractivity contribution >= 4 is 5.57 Å². The SMILES string of the molecule is CCn1cnc2c1C(c1cn[nH]c1)=CNC2O.